The summed E-state index contributed by atoms with van der Waals surface area (Å²) in [7, 11) is 0. The summed E-state index contributed by atoms with van der Waals surface area (Å²) in [5.41, 5.74) is 1.64. The molecule has 1 heterocycles. The van der Waals surface area contributed by atoms with E-state index in [0.29, 0.717) is 16.7 Å². The molecule has 4 heteroatoms. The summed E-state index contributed by atoms with van der Waals surface area (Å²) < 4.78 is 1.70. The predicted octanol–water partition coefficient (Wildman–Crippen LogP) is 4.24. The molecule has 1 aromatic carbocycles. The Morgan fingerprint density at radius 1 is 1.29 bits per heavy atom. The summed E-state index contributed by atoms with van der Waals surface area (Å²) in [6.45, 7) is 2.12. The Balaban J connectivity index is 2.16. The molecule has 0 saturated heterocycles. The summed E-state index contributed by atoms with van der Waals surface area (Å²) in [4.78, 5) is 12.4. The van der Waals surface area contributed by atoms with E-state index in [-0.39, 0.29) is 11.7 Å². The summed E-state index contributed by atoms with van der Waals surface area (Å²) in [6, 6.07) is 11.4. The number of aromatic nitrogens is 1. The van der Waals surface area contributed by atoms with Crippen molar-refractivity contribution in [3.8, 4) is 0 Å². The molecule has 1 aromatic heterocycles. The number of benzene rings is 1. The van der Waals surface area contributed by atoms with Gasteiger partial charge in [-0.1, -0.05) is 41.4 Å². The molecule has 21 heavy (non-hydrogen) atoms. The van der Waals surface area contributed by atoms with Gasteiger partial charge in [-0.2, -0.15) is 4.73 Å². The fraction of sp³-hybridized carbons (Fsp3) is 0.294. The van der Waals surface area contributed by atoms with Crippen molar-refractivity contribution in [3.05, 3.63) is 69.6 Å². The Hall–Kier alpha value is -1.68. The topological polar surface area (TPSA) is 44.0 Å². The van der Waals surface area contributed by atoms with Crippen molar-refractivity contribution >= 4 is 21.7 Å². The van der Waals surface area contributed by atoms with Crippen LogP contribution in [0, 0.1) is 5.21 Å². The number of halogens is 1. The lowest BCUT2D eigenvalue weighted by atomic mass is 9.88. The van der Waals surface area contributed by atoms with Gasteiger partial charge in [0.05, 0.1) is 5.56 Å². The van der Waals surface area contributed by atoms with Gasteiger partial charge in [0, 0.05) is 17.0 Å². The number of carbonyl (C=O) groups excluding carboxylic acids is 1. The minimum atomic E-state index is 0.0153. The van der Waals surface area contributed by atoms with Gasteiger partial charge in [-0.25, -0.2) is 0 Å². The van der Waals surface area contributed by atoms with Crippen molar-refractivity contribution in [2.24, 2.45) is 0 Å². The highest BCUT2D eigenvalue weighted by Gasteiger charge is 2.18. The highest BCUT2D eigenvalue weighted by molar-refractivity contribution is 9.10. The smallest absolute Gasteiger partial charge is 0.191 e. The lowest BCUT2D eigenvalue weighted by Crippen LogP contribution is -2.26. The van der Waals surface area contributed by atoms with E-state index in [4.69, 9.17) is 0 Å². The Morgan fingerprint density at radius 2 is 2.00 bits per heavy atom. The zero-order valence-corrected chi connectivity index (χ0v) is 13.5. The molecule has 1 atom stereocenters. The normalized spacial score (nSPS) is 12.1. The fourth-order valence-electron chi connectivity index (χ4n) is 2.43. The first kappa shape index (κ1) is 15.7. The van der Waals surface area contributed by atoms with Crippen LogP contribution in [0.1, 0.15) is 48.0 Å². The maximum atomic E-state index is 12.4. The first-order valence-electron chi connectivity index (χ1n) is 7.07. The molecule has 0 spiro atoms. The Bertz CT molecular complexity index is 610. The average Bonchev–Trinajstić information content (AvgIpc) is 2.47. The zero-order valence-electron chi connectivity index (χ0n) is 12.0. The monoisotopic (exact) mass is 347 g/mol. The van der Waals surface area contributed by atoms with Crippen LogP contribution in [0.15, 0.2) is 53.3 Å². The molecule has 0 amide bonds. The Kier molecular flexibility index (Phi) is 5.51. The van der Waals surface area contributed by atoms with Gasteiger partial charge in [-0.3, -0.25) is 4.79 Å². The van der Waals surface area contributed by atoms with E-state index in [0.717, 1.165) is 17.3 Å². The van der Waals surface area contributed by atoms with E-state index >= 15 is 0 Å². The molecule has 110 valence electrons. The van der Waals surface area contributed by atoms with E-state index in [2.05, 4.69) is 35.0 Å². The van der Waals surface area contributed by atoms with Crippen LogP contribution in [0.5, 0.6) is 0 Å². The summed E-state index contributed by atoms with van der Waals surface area (Å²) >= 11 is 3.42. The number of Topliss-reactive ketones (excluding diaryl/α,β-unsaturated/α-hetero) is 1. The lowest BCUT2D eigenvalue weighted by Gasteiger charge is -2.16. The van der Waals surface area contributed by atoms with Crippen molar-refractivity contribution in [2.75, 3.05) is 0 Å². The number of carbonyl (C=O) groups is 1. The van der Waals surface area contributed by atoms with E-state index in [9.17, 15) is 10.0 Å². The van der Waals surface area contributed by atoms with E-state index in [1.165, 1.54) is 18.0 Å². The first-order chi connectivity index (χ1) is 10.1. The molecular weight excluding hydrogens is 330 g/mol. The van der Waals surface area contributed by atoms with Crippen molar-refractivity contribution in [3.63, 3.8) is 0 Å². The molecule has 2 rings (SSSR count). The van der Waals surface area contributed by atoms with E-state index < -0.39 is 0 Å². The molecule has 0 radical (unpaired) electrons. The van der Waals surface area contributed by atoms with Gasteiger partial charge in [0.25, 0.3) is 0 Å². The van der Waals surface area contributed by atoms with Gasteiger partial charge in [0.15, 0.2) is 18.2 Å². The van der Waals surface area contributed by atoms with Gasteiger partial charge in [-0.05, 0) is 36.1 Å². The van der Waals surface area contributed by atoms with Gasteiger partial charge in [0.1, 0.15) is 0 Å². The van der Waals surface area contributed by atoms with Crippen LogP contribution in [-0.4, -0.2) is 5.78 Å². The molecule has 0 aliphatic carbocycles. The highest BCUT2D eigenvalue weighted by atomic mass is 79.9. The molecule has 3 nitrogen and oxygen atoms in total. The third-order valence-corrected chi connectivity index (χ3v) is 4.04. The standard InChI is InChI=1S/C17H18BrNO2/c1-2-4-14(13-6-8-16(18)9-7-13)11-17(20)15-5-3-10-19(21)12-15/h3,5-10,12,14H,2,4,11H2,1H3. The second kappa shape index (κ2) is 7.36. The van der Waals surface area contributed by atoms with E-state index in [1.54, 1.807) is 12.1 Å². The number of ketones is 1. The molecule has 0 N–H and O–H groups in total. The molecule has 0 saturated carbocycles. The third kappa shape index (κ3) is 4.39. The predicted molar refractivity (Wildman–Crippen MR) is 86.1 cm³/mol. The lowest BCUT2D eigenvalue weighted by molar-refractivity contribution is -0.605. The van der Waals surface area contributed by atoms with Crippen molar-refractivity contribution in [1.29, 1.82) is 0 Å². The summed E-state index contributed by atoms with van der Waals surface area (Å²) in [5.74, 6) is 0.206. The van der Waals surface area contributed by atoms with Gasteiger partial charge in [0.2, 0.25) is 0 Å². The van der Waals surface area contributed by atoms with Gasteiger partial charge >= 0.3 is 0 Å². The highest BCUT2D eigenvalue weighted by Crippen LogP contribution is 2.27. The number of hydrogen-bond donors (Lipinski definition) is 0. The number of nitrogens with zero attached hydrogens (tertiary/aromatic N) is 1. The molecular formula is C17H18BrNO2. The second-order valence-electron chi connectivity index (χ2n) is 5.12. The fourth-order valence-corrected chi connectivity index (χ4v) is 2.70. The quantitative estimate of drug-likeness (QED) is 0.445. The minimum absolute atomic E-state index is 0.0153. The zero-order chi connectivity index (χ0) is 15.2. The molecule has 0 fully saturated rings. The third-order valence-electron chi connectivity index (χ3n) is 3.51. The number of pyridine rings is 1. The van der Waals surface area contributed by atoms with Crippen molar-refractivity contribution < 1.29 is 9.52 Å². The number of rotatable bonds is 6. The van der Waals surface area contributed by atoms with Crippen LogP contribution in [0.3, 0.4) is 0 Å². The van der Waals surface area contributed by atoms with Crippen LogP contribution >= 0.6 is 15.9 Å². The van der Waals surface area contributed by atoms with E-state index in [1.807, 2.05) is 12.1 Å². The van der Waals surface area contributed by atoms with Crippen LogP contribution in [0.4, 0.5) is 0 Å². The molecule has 1 unspecified atom stereocenters. The van der Waals surface area contributed by atoms with Crippen LogP contribution in [-0.2, 0) is 0 Å². The Labute approximate surface area is 133 Å². The molecule has 2 aromatic rings. The first-order valence-corrected chi connectivity index (χ1v) is 7.87. The maximum absolute atomic E-state index is 12.4. The Morgan fingerprint density at radius 3 is 2.62 bits per heavy atom. The van der Waals surface area contributed by atoms with Gasteiger partial charge in [-0.15, -0.1) is 0 Å². The largest absolute Gasteiger partial charge is 0.619 e. The molecule has 0 aliphatic rings. The van der Waals surface area contributed by atoms with Crippen LogP contribution in [0.25, 0.3) is 0 Å². The molecule has 0 aliphatic heterocycles. The second-order valence-corrected chi connectivity index (χ2v) is 6.03. The summed E-state index contributed by atoms with van der Waals surface area (Å²) in [5, 5.41) is 11.3. The SMILES string of the molecule is CCCC(CC(=O)c1ccc[n+]([O-])c1)c1ccc(Br)cc1. The van der Waals surface area contributed by atoms with Crippen LogP contribution in [0.2, 0.25) is 0 Å². The van der Waals surface area contributed by atoms with Crippen molar-refractivity contribution in [1.82, 2.24) is 0 Å². The number of hydrogen-bond acceptors (Lipinski definition) is 2. The van der Waals surface area contributed by atoms with Crippen molar-refractivity contribution in [2.45, 2.75) is 32.1 Å². The maximum Gasteiger partial charge on any atom is 0.191 e. The average molecular weight is 348 g/mol. The minimum Gasteiger partial charge on any atom is -0.619 e. The molecule has 0 bridgehead atoms. The van der Waals surface area contributed by atoms with Crippen LogP contribution < -0.4 is 4.73 Å². The summed E-state index contributed by atoms with van der Waals surface area (Å²) in [6.07, 6.45) is 5.13. The van der Waals surface area contributed by atoms with Gasteiger partial charge < -0.3 is 5.21 Å².